The molecule has 0 spiro atoms. The van der Waals surface area contributed by atoms with E-state index in [0.717, 1.165) is 77.0 Å². The Labute approximate surface area is 409 Å². The van der Waals surface area contributed by atoms with E-state index in [1.54, 1.807) is 0 Å². The maximum absolute atomic E-state index is 12.8. The zero-order valence-corrected chi connectivity index (χ0v) is 44.0. The first-order chi connectivity index (χ1) is 32.5. The van der Waals surface area contributed by atoms with E-state index >= 15 is 0 Å². The Morgan fingerprint density at radius 3 is 0.864 bits per heavy atom. The lowest BCUT2D eigenvalue weighted by atomic mass is 10.1. The second-order valence-electron chi connectivity index (χ2n) is 19.2. The molecule has 0 aliphatic carbocycles. The highest BCUT2D eigenvalue weighted by atomic mass is 16.6. The van der Waals surface area contributed by atoms with Crippen molar-refractivity contribution in [2.75, 3.05) is 13.2 Å². The first-order valence-corrected chi connectivity index (χ1v) is 28.7. The highest BCUT2D eigenvalue weighted by Crippen LogP contribution is 2.15. The van der Waals surface area contributed by atoms with Crippen molar-refractivity contribution in [3.05, 3.63) is 48.6 Å². The molecule has 0 heterocycles. The highest BCUT2D eigenvalue weighted by molar-refractivity contribution is 5.71. The number of ether oxygens (including phenoxy) is 3. The van der Waals surface area contributed by atoms with Crippen molar-refractivity contribution in [3.63, 3.8) is 0 Å². The van der Waals surface area contributed by atoms with E-state index in [0.29, 0.717) is 19.3 Å². The maximum Gasteiger partial charge on any atom is 0.306 e. The maximum atomic E-state index is 12.8. The van der Waals surface area contributed by atoms with Gasteiger partial charge < -0.3 is 14.2 Å². The molecule has 0 aliphatic heterocycles. The predicted molar refractivity (Wildman–Crippen MR) is 284 cm³/mol. The van der Waals surface area contributed by atoms with Crippen LogP contribution < -0.4 is 0 Å². The van der Waals surface area contributed by atoms with Crippen LogP contribution in [0.1, 0.15) is 297 Å². The minimum atomic E-state index is -0.782. The van der Waals surface area contributed by atoms with Crippen LogP contribution in [0.4, 0.5) is 0 Å². The standard InChI is InChI=1S/C60H108O6/c1-4-7-10-13-16-19-22-25-28-29-30-33-35-38-41-44-47-50-53-59(62)65-56-57(66-60(63)54-51-48-45-42-39-36-32-27-24-21-18-15-12-9-6-3)55-64-58(61)52-49-46-43-40-37-34-31-26-23-20-17-14-11-8-5-2/h20-21,23-24,28-30,33,57H,4-19,22,25-27,31-32,34-56H2,1-3H3/b23-20-,24-21-,29-28-,33-30-. The smallest absolute Gasteiger partial charge is 0.306 e. The molecule has 384 valence electrons. The minimum Gasteiger partial charge on any atom is -0.462 e. The van der Waals surface area contributed by atoms with Gasteiger partial charge in [0.1, 0.15) is 13.2 Å². The number of carbonyl (C=O) groups excluding carboxylic acids is 3. The van der Waals surface area contributed by atoms with Crippen LogP contribution in [0, 0.1) is 0 Å². The third kappa shape index (κ3) is 52.3. The van der Waals surface area contributed by atoms with Crippen molar-refractivity contribution in [2.45, 2.75) is 303 Å². The zero-order chi connectivity index (χ0) is 47.9. The summed E-state index contributed by atoms with van der Waals surface area (Å²) in [5.41, 5.74) is 0. The molecule has 1 atom stereocenters. The number of carbonyl (C=O) groups is 3. The van der Waals surface area contributed by atoms with Crippen molar-refractivity contribution in [1.82, 2.24) is 0 Å². The average molecular weight is 926 g/mol. The molecule has 0 fully saturated rings. The van der Waals surface area contributed by atoms with Crippen molar-refractivity contribution in [1.29, 1.82) is 0 Å². The van der Waals surface area contributed by atoms with Crippen molar-refractivity contribution >= 4 is 17.9 Å². The summed E-state index contributed by atoms with van der Waals surface area (Å²) in [6, 6.07) is 0. The van der Waals surface area contributed by atoms with Gasteiger partial charge in [-0.25, -0.2) is 0 Å². The summed E-state index contributed by atoms with van der Waals surface area (Å²) in [5, 5.41) is 0. The fourth-order valence-electron chi connectivity index (χ4n) is 8.19. The minimum absolute atomic E-state index is 0.0808. The van der Waals surface area contributed by atoms with Crippen molar-refractivity contribution in [3.8, 4) is 0 Å². The molecular weight excluding hydrogens is 817 g/mol. The second kappa shape index (κ2) is 55.0. The summed E-state index contributed by atoms with van der Waals surface area (Å²) < 4.78 is 16.9. The van der Waals surface area contributed by atoms with Gasteiger partial charge in [0.15, 0.2) is 6.10 Å². The van der Waals surface area contributed by atoms with Gasteiger partial charge in [-0.1, -0.05) is 230 Å². The molecule has 6 heteroatoms. The summed E-state index contributed by atoms with van der Waals surface area (Å²) in [5.74, 6) is -0.893. The van der Waals surface area contributed by atoms with Crippen LogP contribution >= 0.6 is 0 Å². The first kappa shape index (κ1) is 63.4. The molecular formula is C60H108O6. The van der Waals surface area contributed by atoms with E-state index in [2.05, 4.69) is 69.4 Å². The van der Waals surface area contributed by atoms with Gasteiger partial charge in [-0.15, -0.1) is 0 Å². The molecule has 0 aromatic heterocycles. The average Bonchev–Trinajstić information content (AvgIpc) is 3.31. The summed E-state index contributed by atoms with van der Waals surface area (Å²) in [6.07, 6.45) is 66.6. The molecule has 0 aliphatic rings. The summed E-state index contributed by atoms with van der Waals surface area (Å²) in [7, 11) is 0. The van der Waals surface area contributed by atoms with E-state index in [-0.39, 0.29) is 31.1 Å². The normalized spacial score (nSPS) is 12.3. The van der Waals surface area contributed by atoms with Gasteiger partial charge in [0.05, 0.1) is 0 Å². The van der Waals surface area contributed by atoms with E-state index in [1.807, 2.05) is 0 Å². The predicted octanol–water partition coefficient (Wildman–Crippen LogP) is 19.0. The topological polar surface area (TPSA) is 78.9 Å². The van der Waals surface area contributed by atoms with Gasteiger partial charge in [0, 0.05) is 19.3 Å². The number of hydrogen-bond donors (Lipinski definition) is 0. The third-order valence-corrected chi connectivity index (χ3v) is 12.6. The molecule has 0 aromatic rings. The van der Waals surface area contributed by atoms with Gasteiger partial charge in [-0.2, -0.15) is 0 Å². The van der Waals surface area contributed by atoms with Crippen LogP contribution in [0.2, 0.25) is 0 Å². The molecule has 0 saturated carbocycles. The summed E-state index contributed by atoms with van der Waals surface area (Å²) >= 11 is 0. The van der Waals surface area contributed by atoms with Gasteiger partial charge in [0.25, 0.3) is 0 Å². The largest absolute Gasteiger partial charge is 0.462 e. The van der Waals surface area contributed by atoms with Crippen LogP contribution in [0.15, 0.2) is 48.6 Å². The van der Waals surface area contributed by atoms with E-state index in [9.17, 15) is 14.4 Å². The van der Waals surface area contributed by atoms with Crippen LogP contribution in [-0.4, -0.2) is 37.2 Å². The van der Waals surface area contributed by atoms with Crippen LogP contribution in [0.25, 0.3) is 0 Å². The van der Waals surface area contributed by atoms with E-state index in [4.69, 9.17) is 14.2 Å². The number of hydrogen-bond acceptors (Lipinski definition) is 6. The third-order valence-electron chi connectivity index (χ3n) is 12.6. The number of allylic oxidation sites excluding steroid dienone is 8. The van der Waals surface area contributed by atoms with Gasteiger partial charge in [-0.3, -0.25) is 14.4 Å². The Balaban J connectivity index is 4.39. The highest BCUT2D eigenvalue weighted by Gasteiger charge is 2.19. The zero-order valence-electron chi connectivity index (χ0n) is 44.0. The molecule has 0 rings (SSSR count). The Kier molecular flexibility index (Phi) is 52.8. The Morgan fingerprint density at radius 1 is 0.303 bits per heavy atom. The first-order valence-electron chi connectivity index (χ1n) is 28.7. The van der Waals surface area contributed by atoms with E-state index in [1.165, 1.54) is 180 Å². The van der Waals surface area contributed by atoms with Crippen molar-refractivity contribution < 1.29 is 28.6 Å². The van der Waals surface area contributed by atoms with Crippen LogP contribution in [0.5, 0.6) is 0 Å². The fraction of sp³-hybridized carbons (Fsp3) is 0.817. The molecule has 66 heavy (non-hydrogen) atoms. The quantitative estimate of drug-likeness (QED) is 0.0199. The van der Waals surface area contributed by atoms with Gasteiger partial charge in [-0.05, 0) is 96.3 Å². The number of unbranched alkanes of at least 4 members (excludes halogenated alkanes) is 34. The molecule has 0 N–H and O–H groups in total. The molecule has 0 amide bonds. The molecule has 0 radical (unpaired) electrons. The number of esters is 3. The molecule has 0 saturated heterocycles. The SMILES string of the molecule is CCCCCC/C=C\CCCCCCCCCC(=O)OCC(COC(=O)CCCCCCC/C=C\C=C/CCCCCCCCC)OC(=O)CCCCCCCCC/C=C\CCCCCC. The lowest BCUT2D eigenvalue weighted by Crippen LogP contribution is -2.30. The van der Waals surface area contributed by atoms with Crippen LogP contribution in [-0.2, 0) is 28.6 Å². The summed E-state index contributed by atoms with van der Waals surface area (Å²) in [6.45, 7) is 6.62. The molecule has 6 nitrogen and oxygen atoms in total. The Bertz CT molecular complexity index is 1150. The van der Waals surface area contributed by atoms with Crippen molar-refractivity contribution in [2.24, 2.45) is 0 Å². The van der Waals surface area contributed by atoms with E-state index < -0.39 is 6.10 Å². The summed E-state index contributed by atoms with van der Waals surface area (Å²) in [4.78, 5) is 38.1. The molecule has 0 bridgehead atoms. The van der Waals surface area contributed by atoms with Crippen LogP contribution in [0.3, 0.4) is 0 Å². The van der Waals surface area contributed by atoms with Gasteiger partial charge in [0.2, 0.25) is 0 Å². The van der Waals surface area contributed by atoms with Gasteiger partial charge >= 0.3 is 17.9 Å². The Morgan fingerprint density at radius 2 is 0.545 bits per heavy atom. The lowest BCUT2D eigenvalue weighted by molar-refractivity contribution is -0.167. The number of rotatable bonds is 52. The molecule has 1 unspecified atom stereocenters. The second-order valence-corrected chi connectivity index (χ2v) is 19.2. The monoisotopic (exact) mass is 925 g/mol. The lowest BCUT2D eigenvalue weighted by Gasteiger charge is -2.18. The fourth-order valence-corrected chi connectivity index (χ4v) is 8.19. The Hall–Kier alpha value is -2.63. The molecule has 0 aromatic carbocycles.